The Kier molecular flexibility index (Phi) is 3.83. The van der Waals surface area contributed by atoms with Gasteiger partial charge in [-0.1, -0.05) is 31.5 Å². The second kappa shape index (κ2) is 5.76. The molecule has 0 saturated carbocycles. The molecule has 0 spiro atoms. The van der Waals surface area contributed by atoms with Crippen LogP contribution in [0.2, 0.25) is 0 Å². The molecule has 1 nitrogen and oxygen atoms in total. The fourth-order valence-electron chi connectivity index (χ4n) is 2.55. The van der Waals surface area contributed by atoms with Crippen molar-refractivity contribution in [3.8, 4) is 10.6 Å². The lowest BCUT2D eigenvalue weighted by Crippen LogP contribution is -1.83. The summed E-state index contributed by atoms with van der Waals surface area (Å²) >= 11 is 1.86. The van der Waals surface area contributed by atoms with E-state index in [9.17, 15) is 0 Å². The fourth-order valence-corrected chi connectivity index (χ4v) is 3.80. The molecule has 20 heavy (non-hydrogen) atoms. The first-order chi connectivity index (χ1) is 9.79. The Balaban J connectivity index is 2.05. The first kappa shape index (κ1) is 13.3. The molecule has 0 saturated heterocycles. The molecule has 0 atom stereocenters. The maximum absolute atomic E-state index is 4.49. The standard InChI is InChI=1S/C18H19NS/c1-3-4-7-14-9-10-15-13(2)18(20-17(15)12-14)16-8-5-6-11-19-16/h5-6,8-12H,3-4,7H2,1-2H3. The number of hydrogen-bond donors (Lipinski definition) is 0. The number of rotatable bonds is 4. The molecule has 0 aliphatic rings. The van der Waals surface area contributed by atoms with Crippen LogP contribution in [0.15, 0.2) is 42.6 Å². The minimum Gasteiger partial charge on any atom is -0.255 e. The predicted molar refractivity (Wildman–Crippen MR) is 88.4 cm³/mol. The van der Waals surface area contributed by atoms with Crippen molar-refractivity contribution in [2.75, 3.05) is 0 Å². The number of benzene rings is 1. The van der Waals surface area contributed by atoms with E-state index in [1.165, 1.54) is 45.4 Å². The summed E-state index contributed by atoms with van der Waals surface area (Å²) in [6.45, 7) is 4.45. The van der Waals surface area contributed by atoms with Crippen molar-refractivity contribution < 1.29 is 0 Å². The quantitative estimate of drug-likeness (QED) is 0.605. The monoisotopic (exact) mass is 281 g/mol. The Morgan fingerprint density at radius 3 is 2.80 bits per heavy atom. The molecule has 2 heterocycles. The number of pyridine rings is 1. The molecule has 102 valence electrons. The van der Waals surface area contributed by atoms with Gasteiger partial charge in [-0.05, 0) is 54.5 Å². The largest absolute Gasteiger partial charge is 0.255 e. The second-order valence-electron chi connectivity index (χ2n) is 5.21. The van der Waals surface area contributed by atoms with Crippen LogP contribution in [0.25, 0.3) is 20.7 Å². The zero-order chi connectivity index (χ0) is 13.9. The lowest BCUT2D eigenvalue weighted by molar-refractivity contribution is 0.796. The predicted octanol–water partition coefficient (Wildman–Crippen LogP) is 5.61. The van der Waals surface area contributed by atoms with Crippen molar-refractivity contribution in [2.24, 2.45) is 0 Å². The molecule has 3 aromatic rings. The van der Waals surface area contributed by atoms with E-state index in [0.29, 0.717) is 0 Å². The van der Waals surface area contributed by atoms with Crippen LogP contribution in [0.4, 0.5) is 0 Å². The number of unbranched alkanes of at least 4 members (excludes halogenated alkanes) is 1. The van der Waals surface area contributed by atoms with Crippen molar-refractivity contribution in [3.05, 3.63) is 53.7 Å². The topological polar surface area (TPSA) is 12.9 Å². The van der Waals surface area contributed by atoms with Gasteiger partial charge in [-0.25, -0.2) is 0 Å². The first-order valence-electron chi connectivity index (χ1n) is 7.23. The fraction of sp³-hybridized carbons (Fsp3) is 0.278. The highest BCUT2D eigenvalue weighted by Gasteiger charge is 2.11. The smallest absolute Gasteiger partial charge is 0.0804 e. The molecule has 0 unspecified atom stereocenters. The summed E-state index contributed by atoms with van der Waals surface area (Å²) in [5.41, 5.74) is 3.89. The Labute approximate surface area is 124 Å². The Bertz CT molecular complexity index is 713. The molecule has 2 heteroatoms. The van der Waals surface area contributed by atoms with Gasteiger partial charge in [-0.2, -0.15) is 0 Å². The van der Waals surface area contributed by atoms with Gasteiger partial charge in [0.2, 0.25) is 0 Å². The SMILES string of the molecule is CCCCc1ccc2c(C)c(-c3ccccn3)sc2c1. The third-order valence-corrected chi connectivity index (χ3v) is 5.00. The van der Waals surface area contributed by atoms with Crippen LogP contribution in [-0.4, -0.2) is 4.98 Å². The van der Waals surface area contributed by atoms with E-state index in [-0.39, 0.29) is 0 Å². The van der Waals surface area contributed by atoms with Crippen LogP contribution in [0.5, 0.6) is 0 Å². The van der Waals surface area contributed by atoms with Crippen LogP contribution in [0.3, 0.4) is 0 Å². The highest BCUT2D eigenvalue weighted by Crippen LogP contribution is 2.37. The van der Waals surface area contributed by atoms with Gasteiger partial charge < -0.3 is 0 Å². The van der Waals surface area contributed by atoms with Crippen molar-refractivity contribution in [2.45, 2.75) is 33.1 Å². The summed E-state index contributed by atoms with van der Waals surface area (Å²) in [7, 11) is 0. The molecule has 2 aromatic heterocycles. The van der Waals surface area contributed by atoms with Gasteiger partial charge in [0.1, 0.15) is 0 Å². The summed E-state index contributed by atoms with van der Waals surface area (Å²) in [4.78, 5) is 5.79. The highest BCUT2D eigenvalue weighted by atomic mass is 32.1. The van der Waals surface area contributed by atoms with Crippen molar-refractivity contribution >= 4 is 21.4 Å². The second-order valence-corrected chi connectivity index (χ2v) is 6.26. The Hall–Kier alpha value is -1.67. The van der Waals surface area contributed by atoms with Gasteiger partial charge in [0, 0.05) is 10.9 Å². The summed E-state index contributed by atoms with van der Waals surface area (Å²) in [5, 5.41) is 1.37. The third kappa shape index (κ3) is 2.48. The van der Waals surface area contributed by atoms with Crippen LogP contribution < -0.4 is 0 Å². The van der Waals surface area contributed by atoms with E-state index < -0.39 is 0 Å². The van der Waals surface area contributed by atoms with E-state index in [2.05, 4.69) is 49.2 Å². The number of thiophene rings is 1. The normalized spacial score (nSPS) is 11.1. The van der Waals surface area contributed by atoms with E-state index in [0.717, 1.165) is 5.69 Å². The lowest BCUT2D eigenvalue weighted by Gasteiger charge is -2.00. The molecule has 0 aliphatic carbocycles. The molecular weight excluding hydrogens is 262 g/mol. The number of aromatic nitrogens is 1. The lowest BCUT2D eigenvalue weighted by atomic mass is 10.0. The Morgan fingerprint density at radius 2 is 2.05 bits per heavy atom. The zero-order valence-corrected chi connectivity index (χ0v) is 12.8. The Morgan fingerprint density at radius 1 is 1.15 bits per heavy atom. The highest BCUT2D eigenvalue weighted by molar-refractivity contribution is 7.22. The van der Waals surface area contributed by atoms with Gasteiger partial charge in [-0.15, -0.1) is 11.3 Å². The molecule has 1 aromatic carbocycles. The molecule has 0 amide bonds. The van der Waals surface area contributed by atoms with E-state index in [1.54, 1.807) is 0 Å². The molecule has 0 bridgehead atoms. The van der Waals surface area contributed by atoms with Crippen LogP contribution >= 0.6 is 11.3 Å². The molecule has 3 rings (SSSR count). The molecule has 0 aliphatic heterocycles. The minimum atomic E-state index is 1.08. The van der Waals surface area contributed by atoms with Gasteiger partial charge in [-0.3, -0.25) is 4.98 Å². The number of hydrogen-bond acceptors (Lipinski definition) is 2. The molecular formula is C18H19NS. The van der Waals surface area contributed by atoms with Gasteiger partial charge >= 0.3 is 0 Å². The maximum atomic E-state index is 4.49. The zero-order valence-electron chi connectivity index (χ0n) is 12.0. The van der Waals surface area contributed by atoms with E-state index >= 15 is 0 Å². The number of nitrogens with zero attached hydrogens (tertiary/aromatic N) is 1. The van der Waals surface area contributed by atoms with Crippen molar-refractivity contribution in [1.82, 2.24) is 4.98 Å². The molecule has 0 fully saturated rings. The van der Waals surface area contributed by atoms with Crippen LogP contribution in [0.1, 0.15) is 30.9 Å². The first-order valence-corrected chi connectivity index (χ1v) is 8.04. The van der Waals surface area contributed by atoms with E-state index in [4.69, 9.17) is 0 Å². The molecule has 0 radical (unpaired) electrons. The van der Waals surface area contributed by atoms with Gasteiger partial charge in [0.25, 0.3) is 0 Å². The van der Waals surface area contributed by atoms with Crippen LogP contribution in [0, 0.1) is 6.92 Å². The average molecular weight is 281 g/mol. The van der Waals surface area contributed by atoms with Gasteiger partial charge in [0.05, 0.1) is 10.6 Å². The summed E-state index contributed by atoms with van der Waals surface area (Å²) in [5.74, 6) is 0. The van der Waals surface area contributed by atoms with Crippen LogP contribution in [-0.2, 0) is 6.42 Å². The molecule has 0 N–H and O–H groups in total. The maximum Gasteiger partial charge on any atom is 0.0804 e. The van der Waals surface area contributed by atoms with E-state index in [1.807, 2.05) is 23.6 Å². The third-order valence-electron chi connectivity index (χ3n) is 3.72. The van der Waals surface area contributed by atoms with Crippen molar-refractivity contribution in [1.29, 1.82) is 0 Å². The number of aryl methyl sites for hydroxylation is 2. The summed E-state index contributed by atoms with van der Waals surface area (Å²) in [6.07, 6.45) is 5.57. The summed E-state index contributed by atoms with van der Waals surface area (Å²) in [6, 6.07) is 13.0. The minimum absolute atomic E-state index is 1.08. The van der Waals surface area contributed by atoms with Gasteiger partial charge in [0.15, 0.2) is 0 Å². The average Bonchev–Trinajstić information content (AvgIpc) is 2.83. The number of fused-ring (bicyclic) bond motifs is 1. The van der Waals surface area contributed by atoms with Crippen molar-refractivity contribution in [3.63, 3.8) is 0 Å². The summed E-state index contributed by atoms with van der Waals surface area (Å²) < 4.78 is 1.39.